The fourth-order valence-electron chi connectivity index (χ4n) is 3.31. The topological polar surface area (TPSA) is 39.0 Å². The molecule has 0 saturated carbocycles. The van der Waals surface area contributed by atoms with Crippen molar-refractivity contribution in [2.75, 3.05) is 26.8 Å². The van der Waals surface area contributed by atoms with Crippen LogP contribution in [-0.4, -0.2) is 47.4 Å². The molecule has 1 fully saturated rings. The Balaban J connectivity index is 1.79. The molecule has 0 amide bonds. The zero-order valence-corrected chi connectivity index (χ0v) is 13.7. The smallest absolute Gasteiger partial charge is 0.127 e. The second kappa shape index (κ2) is 6.67. The van der Waals surface area contributed by atoms with E-state index in [2.05, 4.69) is 36.0 Å². The third-order valence-electron chi connectivity index (χ3n) is 4.46. The minimum absolute atomic E-state index is 0.427. The van der Waals surface area contributed by atoms with Crippen LogP contribution < -0.4 is 4.74 Å². The predicted molar refractivity (Wildman–Crippen MR) is 86.4 cm³/mol. The summed E-state index contributed by atoms with van der Waals surface area (Å²) in [4.78, 5) is 2.48. The van der Waals surface area contributed by atoms with Crippen LogP contribution in [0, 0.1) is 6.92 Å². The maximum absolute atomic E-state index is 5.73. The van der Waals surface area contributed by atoms with E-state index in [0.29, 0.717) is 6.10 Å². The lowest BCUT2D eigenvalue weighted by atomic mass is 10.1. The van der Waals surface area contributed by atoms with Gasteiger partial charge in [-0.1, -0.05) is 0 Å². The van der Waals surface area contributed by atoms with E-state index in [1.54, 1.807) is 7.11 Å². The second-order valence-electron chi connectivity index (χ2n) is 5.89. The van der Waals surface area contributed by atoms with Gasteiger partial charge in [-0.3, -0.25) is 4.90 Å². The highest BCUT2D eigenvalue weighted by Crippen LogP contribution is 2.28. The number of hydrogen-bond acceptors (Lipinski definition) is 4. The van der Waals surface area contributed by atoms with E-state index in [4.69, 9.17) is 9.47 Å². The van der Waals surface area contributed by atoms with E-state index in [9.17, 15) is 0 Å². The van der Waals surface area contributed by atoms with Crippen molar-refractivity contribution >= 4 is 5.52 Å². The van der Waals surface area contributed by atoms with Crippen LogP contribution in [0.1, 0.15) is 31.0 Å². The van der Waals surface area contributed by atoms with Crippen molar-refractivity contribution in [3.05, 3.63) is 29.6 Å². The quantitative estimate of drug-likeness (QED) is 0.851. The number of piperidine rings is 1. The Labute approximate surface area is 131 Å². The lowest BCUT2D eigenvalue weighted by molar-refractivity contribution is 0.0124. The van der Waals surface area contributed by atoms with Gasteiger partial charge in [-0.05, 0) is 32.8 Å². The number of pyridine rings is 1. The number of likely N-dealkylation sites (tertiary alicyclic amines) is 1. The van der Waals surface area contributed by atoms with Gasteiger partial charge in [0.1, 0.15) is 5.75 Å². The largest absolute Gasteiger partial charge is 0.496 e. The van der Waals surface area contributed by atoms with Gasteiger partial charge in [-0.25, -0.2) is 4.52 Å². The number of aryl methyl sites for hydroxylation is 1. The molecular formula is C17H25N3O2. The van der Waals surface area contributed by atoms with Gasteiger partial charge in [0.25, 0.3) is 0 Å². The van der Waals surface area contributed by atoms with Crippen LogP contribution in [0.2, 0.25) is 0 Å². The molecule has 0 aromatic carbocycles. The van der Waals surface area contributed by atoms with Gasteiger partial charge in [-0.15, -0.1) is 0 Å². The third-order valence-corrected chi connectivity index (χ3v) is 4.46. The molecule has 0 aliphatic carbocycles. The maximum atomic E-state index is 5.73. The van der Waals surface area contributed by atoms with E-state index in [-0.39, 0.29) is 0 Å². The Kier molecular flexibility index (Phi) is 4.64. The van der Waals surface area contributed by atoms with Crippen LogP contribution in [0.25, 0.3) is 5.52 Å². The molecule has 1 aliphatic rings. The van der Waals surface area contributed by atoms with Gasteiger partial charge >= 0.3 is 0 Å². The molecule has 3 heterocycles. The van der Waals surface area contributed by atoms with Gasteiger partial charge in [0, 0.05) is 43.6 Å². The Morgan fingerprint density at radius 1 is 1.32 bits per heavy atom. The molecule has 2 aromatic heterocycles. The van der Waals surface area contributed by atoms with Gasteiger partial charge < -0.3 is 9.47 Å². The molecule has 0 bridgehead atoms. The van der Waals surface area contributed by atoms with Crippen molar-refractivity contribution in [2.24, 2.45) is 0 Å². The number of nitrogens with zero attached hydrogens (tertiary/aromatic N) is 3. The molecule has 0 radical (unpaired) electrons. The molecule has 0 atom stereocenters. The summed E-state index contributed by atoms with van der Waals surface area (Å²) >= 11 is 0. The molecule has 2 aromatic rings. The van der Waals surface area contributed by atoms with Crippen LogP contribution in [0.4, 0.5) is 0 Å². The monoisotopic (exact) mass is 303 g/mol. The zero-order valence-electron chi connectivity index (χ0n) is 13.7. The number of ether oxygens (including phenoxy) is 2. The summed E-state index contributed by atoms with van der Waals surface area (Å²) in [5.41, 5.74) is 3.46. The molecular weight excluding hydrogens is 278 g/mol. The molecule has 5 nitrogen and oxygen atoms in total. The lowest BCUT2D eigenvalue weighted by Crippen LogP contribution is -2.36. The lowest BCUT2D eigenvalue weighted by Gasteiger charge is -2.32. The summed E-state index contributed by atoms with van der Waals surface area (Å²) in [7, 11) is 1.74. The average Bonchev–Trinajstić information content (AvgIpc) is 3.02. The molecule has 0 N–H and O–H groups in total. The molecule has 1 aliphatic heterocycles. The van der Waals surface area contributed by atoms with Crippen LogP contribution in [-0.2, 0) is 11.3 Å². The summed E-state index contributed by atoms with van der Waals surface area (Å²) in [6, 6.07) is 4.14. The first kappa shape index (κ1) is 15.3. The van der Waals surface area contributed by atoms with Crippen LogP contribution in [0.5, 0.6) is 5.75 Å². The van der Waals surface area contributed by atoms with Crippen molar-refractivity contribution in [2.45, 2.75) is 39.3 Å². The number of aromatic nitrogens is 2. The minimum Gasteiger partial charge on any atom is -0.496 e. The van der Waals surface area contributed by atoms with E-state index >= 15 is 0 Å². The summed E-state index contributed by atoms with van der Waals surface area (Å²) in [6.07, 6.45) is 4.50. The Morgan fingerprint density at radius 2 is 2.09 bits per heavy atom. The Bertz CT molecular complexity index is 630. The first-order valence-electron chi connectivity index (χ1n) is 8.07. The van der Waals surface area contributed by atoms with Gasteiger partial charge in [0.05, 0.1) is 24.9 Å². The van der Waals surface area contributed by atoms with Crippen molar-refractivity contribution in [3.8, 4) is 5.75 Å². The predicted octanol–water partition coefficient (Wildman–Crippen LogP) is 2.65. The molecule has 3 rings (SSSR count). The van der Waals surface area contributed by atoms with Gasteiger partial charge in [-0.2, -0.15) is 5.10 Å². The van der Waals surface area contributed by atoms with Crippen molar-refractivity contribution in [3.63, 3.8) is 0 Å². The summed E-state index contributed by atoms with van der Waals surface area (Å²) in [6.45, 7) is 7.98. The first-order valence-corrected chi connectivity index (χ1v) is 8.07. The fourth-order valence-corrected chi connectivity index (χ4v) is 3.31. The molecule has 0 spiro atoms. The fraction of sp³-hybridized carbons (Fsp3) is 0.588. The van der Waals surface area contributed by atoms with Crippen molar-refractivity contribution in [1.29, 1.82) is 0 Å². The highest BCUT2D eigenvalue weighted by molar-refractivity contribution is 5.60. The van der Waals surface area contributed by atoms with Gasteiger partial charge in [0.15, 0.2) is 0 Å². The first-order chi connectivity index (χ1) is 10.7. The van der Waals surface area contributed by atoms with E-state index < -0.39 is 0 Å². The average molecular weight is 303 g/mol. The maximum Gasteiger partial charge on any atom is 0.127 e. The molecule has 120 valence electrons. The zero-order chi connectivity index (χ0) is 15.5. The normalized spacial score (nSPS) is 17.2. The van der Waals surface area contributed by atoms with Crippen LogP contribution in [0.15, 0.2) is 18.3 Å². The standard InChI is InChI=1S/C17H25N3O2/c1-4-22-14-6-9-19(10-7-14)12-15-16-5-8-18-20(16)13(2)11-17(15)21-3/h5,8,11,14H,4,6-7,9-10,12H2,1-3H3. The molecule has 1 saturated heterocycles. The van der Waals surface area contributed by atoms with Gasteiger partial charge in [0.2, 0.25) is 0 Å². The third kappa shape index (κ3) is 2.96. The molecule has 0 unspecified atom stereocenters. The second-order valence-corrected chi connectivity index (χ2v) is 5.89. The number of rotatable bonds is 5. The summed E-state index contributed by atoms with van der Waals surface area (Å²) in [5, 5.41) is 4.41. The van der Waals surface area contributed by atoms with Crippen LogP contribution in [0.3, 0.4) is 0 Å². The highest BCUT2D eigenvalue weighted by atomic mass is 16.5. The molecule has 5 heteroatoms. The number of fused-ring (bicyclic) bond motifs is 1. The minimum atomic E-state index is 0.427. The SMILES string of the molecule is CCOC1CCN(Cc2c(OC)cc(C)n3nccc23)CC1. The van der Waals surface area contributed by atoms with E-state index in [1.165, 1.54) is 5.56 Å². The van der Waals surface area contributed by atoms with Crippen molar-refractivity contribution in [1.82, 2.24) is 14.5 Å². The highest BCUT2D eigenvalue weighted by Gasteiger charge is 2.21. The van der Waals surface area contributed by atoms with Crippen LogP contribution >= 0.6 is 0 Å². The Morgan fingerprint density at radius 3 is 2.77 bits per heavy atom. The molecule has 22 heavy (non-hydrogen) atoms. The number of methoxy groups -OCH3 is 1. The van der Waals surface area contributed by atoms with E-state index in [1.807, 2.05) is 10.7 Å². The Hall–Kier alpha value is -1.59. The van der Waals surface area contributed by atoms with Crippen molar-refractivity contribution < 1.29 is 9.47 Å². The summed E-state index contributed by atoms with van der Waals surface area (Å²) in [5.74, 6) is 0.956. The number of hydrogen-bond donors (Lipinski definition) is 0. The summed E-state index contributed by atoms with van der Waals surface area (Å²) < 4.78 is 13.3. The van der Waals surface area contributed by atoms with E-state index in [0.717, 1.165) is 56.0 Å².